The van der Waals surface area contributed by atoms with Gasteiger partial charge in [0.1, 0.15) is 11.9 Å². The number of aldehydes is 1. The van der Waals surface area contributed by atoms with Crippen molar-refractivity contribution in [2.24, 2.45) is 5.92 Å². The maximum Gasteiger partial charge on any atom is 0.316 e. The summed E-state index contributed by atoms with van der Waals surface area (Å²) in [5.41, 5.74) is 2.33. The van der Waals surface area contributed by atoms with E-state index >= 15 is 0 Å². The molecule has 0 spiro atoms. The summed E-state index contributed by atoms with van der Waals surface area (Å²) in [7, 11) is 1.45. The van der Waals surface area contributed by atoms with E-state index in [-0.39, 0.29) is 28.6 Å². The van der Waals surface area contributed by atoms with E-state index in [1.165, 1.54) is 31.2 Å². The van der Waals surface area contributed by atoms with E-state index in [0.29, 0.717) is 30.1 Å². The number of fused-ring (bicyclic) bond motifs is 3. The Morgan fingerprint density at radius 2 is 1.88 bits per heavy atom. The van der Waals surface area contributed by atoms with Crippen LogP contribution < -0.4 is 10.1 Å². The molecule has 0 unspecified atom stereocenters. The zero-order valence-corrected chi connectivity index (χ0v) is 24.7. The van der Waals surface area contributed by atoms with Crippen molar-refractivity contribution in [2.45, 2.75) is 75.7 Å². The lowest BCUT2D eigenvalue weighted by atomic mass is 9.69. The van der Waals surface area contributed by atoms with Gasteiger partial charge in [-0.2, -0.15) is 0 Å². The summed E-state index contributed by atoms with van der Waals surface area (Å²) in [5, 5.41) is 3.13. The van der Waals surface area contributed by atoms with Gasteiger partial charge in [-0.3, -0.25) is 19.3 Å². The van der Waals surface area contributed by atoms with E-state index in [4.69, 9.17) is 21.1 Å². The van der Waals surface area contributed by atoms with Crippen LogP contribution in [0.2, 0.25) is 5.02 Å². The summed E-state index contributed by atoms with van der Waals surface area (Å²) < 4.78 is 11.5. The van der Waals surface area contributed by atoms with Crippen molar-refractivity contribution in [3.8, 4) is 5.75 Å². The van der Waals surface area contributed by atoms with Crippen LogP contribution in [0.5, 0.6) is 5.75 Å². The molecule has 8 heteroatoms. The molecular formula is C33H41ClN2O5. The van der Waals surface area contributed by atoms with Crippen molar-refractivity contribution in [2.75, 3.05) is 33.3 Å². The Kier molecular flexibility index (Phi) is 9.66. The molecule has 4 aliphatic rings. The number of nitrogens with zero attached hydrogens (tertiary/aromatic N) is 1. The van der Waals surface area contributed by atoms with Gasteiger partial charge < -0.3 is 14.8 Å². The van der Waals surface area contributed by atoms with E-state index in [1.54, 1.807) is 0 Å². The molecule has 1 atom stereocenters. The van der Waals surface area contributed by atoms with Gasteiger partial charge >= 0.3 is 5.97 Å². The van der Waals surface area contributed by atoms with Gasteiger partial charge in [-0.05, 0) is 87.2 Å². The highest BCUT2D eigenvalue weighted by molar-refractivity contribution is 6.34. The fraction of sp³-hybridized carbons (Fsp3) is 0.545. The van der Waals surface area contributed by atoms with Gasteiger partial charge in [-0.1, -0.05) is 55.1 Å². The number of amides is 1. The van der Waals surface area contributed by atoms with E-state index in [0.717, 1.165) is 83.0 Å². The Bertz CT molecular complexity index is 1250. The minimum atomic E-state index is -0.548. The smallest absolute Gasteiger partial charge is 0.316 e. The molecule has 7 nitrogen and oxygen atoms in total. The number of aryl methyl sites for hydroxylation is 1. The van der Waals surface area contributed by atoms with Gasteiger partial charge in [-0.25, -0.2) is 0 Å². The Labute approximate surface area is 247 Å². The topological polar surface area (TPSA) is 84.9 Å². The Morgan fingerprint density at radius 1 is 1.10 bits per heavy atom. The minimum Gasteiger partial charge on any atom is -0.496 e. The first kappa shape index (κ1) is 29.6. The number of esters is 1. The van der Waals surface area contributed by atoms with Crippen molar-refractivity contribution in [3.63, 3.8) is 0 Å². The molecule has 6 rings (SSSR count). The summed E-state index contributed by atoms with van der Waals surface area (Å²) in [6, 6.07) is 11.5. The predicted octanol–water partition coefficient (Wildman–Crippen LogP) is 5.75. The standard InChI is InChI=1S/C33H41ClN2O5/c1-40-29-20-27(28(34)19-25(29)22-37)31(38)35-15-6-3-8-23-9-7-10-26(18-23)33(13-4-2-5-14-33)32(39)41-30-21-36-16-11-24(30)12-17-36/h7,9-10,18-20,22,24,30H,2-6,8,11-17,21H2,1H3,(H,35,38)/t30-/m0/s1. The molecule has 0 aromatic heterocycles. The van der Waals surface area contributed by atoms with Gasteiger partial charge in [0.25, 0.3) is 5.91 Å². The van der Waals surface area contributed by atoms with Crippen LogP contribution in [0.4, 0.5) is 0 Å². The number of halogens is 1. The molecule has 0 radical (unpaired) electrons. The number of carbonyl (C=O) groups is 3. The van der Waals surface area contributed by atoms with Crippen molar-refractivity contribution in [3.05, 3.63) is 63.7 Å². The van der Waals surface area contributed by atoms with Crippen LogP contribution in [0.15, 0.2) is 36.4 Å². The van der Waals surface area contributed by atoms with E-state index in [1.807, 2.05) is 0 Å². The number of rotatable bonds is 11. The summed E-state index contributed by atoms with van der Waals surface area (Å²) in [6.45, 7) is 3.65. The average molecular weight is 581 g/mol. The molecule has 2 bridgehead atoms. The largest absolute Gasteiger partial charge is 0.496 e. The van der Waals surface area contributed by atoms with Crippen molar-refractivity contribution < 1.29 is 23.9 Å². The minimum absolute atomic E-state index is 0.0210. The first-order chi connectivity index (χ1) is 19.9. The first-order valence-electron chi connectivity index (χ1n) is 15.1. The van der Waals surface area contributed by atoms with Crippen LogP contribution in [-0.2, 0) is 21.4 Å². The van der Waals surface area contributed by atoms with Gasteiger partial charge in [0.15, 0.2) is 6.29 Å². The normalized spacial score (nSPS) is 23.0. The fourth-order valence-corrected chi connectivity index (χ4v) is 7.11. The van der Waals surface area contributed by atoms with Gasteiger partial charge in [0.2, 0.25) is 0 Å². The lowest BCUT2D eigenvalue weighted by Gasteiger charge is -2.45. The third kappa shape index (κ3) is 6.62. The van der Waals surface area contributed by atoms with Crippen LogP contribution in [0.1, 0.15) is 89.6 Å². The third-order valence-electron chi connectivity index (χ3n) is 9.30. The number of benzene rings is 2. The maximum atomic E-state index is 13.8. The van der Waals surface area contributed by atoms with E-state index in [2.05, 4.69) is 34.5 Å². The first-order valence-corrected chi connectivity index (χ1v) is 15.4. The second kappa shape index (κ2) is 13.4. The molecule has 2 aromatic carbocycles. The third-order valence-corrected chi connectivity index (χ3v) is 9.61. The monoisotopic (exact) mass is 580 g/mol. The number of piperidine rings is 3. The molecule has 1 aliphatic carbocycles. The zero-order chi connectivity index (χ0) is 28.8. The van der Waals surface area contributed by atoms with Gasteiger partial charge in [0.05, 0.1) is 28.7 Å². The summed E-state index contributed by atoms with van der Waals surface area (Å²) >= 11 is 6.23. The van der Waals surface area contributed by atoms with Gasteiger partial charge in [0, 0.05) is 13.1 Å². The number of unbranched alkanes of at least 4 members (excludes halogenated alkanes) is 1. The predicted molar refractivity (Wildman–Crippen MR) is 159 cm³/mol. The number of hydrogen-bond donors (Lipinski definition) is 1. The van der Waals surface area contributed by atoms with Crippen molar-refractivity contribution in [1.29, 1.82) is 0 Å². The lowest BCUT2D eigenvalue weighted by molar-refractivity contribution is -0.167. The molecule has 2 aromatic rings. The molecule has 1 saturated carbocycles. The summed E-state index contributed by atoms with van der Waals surface area (Å²) in [6.07, 6.45) is 10.5. The number of hydrogen-bond acceptors (Lipinski definition) is 6. The van der Waals surface area contributed by atoms with E-state index in [9.17, 15) is 14.4 Å². The van der Waals surface area contributed by atoms with Gasteiger partial charge in [-0.15, -0.1) is 0 Å². The molecule has 3 heterocycles. The highest BCUT2D eigenvalue weighted by atomic mass is 35.5. The molecular weight excluding hydrogens is 540 g/mol. The molecule has 1 amide bonds. The van der Waals surface area contributed by atoms with Crippen LogP contribution in [0, 0.1) is 5.92 Å². The summed E-state index contributed by atoms with van der Waals surface area (Å²) in [5.74, 6) is 0.503. The molecule has 3 aliphatic heterocycles. The fourth-order valence-electron chi connectivity index (χ4n) is 6.85. The number of nitrogens with one attached hydrogen (secondary N) is 1. The molecule has 4 fully saturated rings. The van der Waals surface area contributed by atoms with Crippen molar-refractivity contribution >= 4 is 29.8 Å². The van der Waals surface area contributed by atoms with Crippen LogP contribution in [0.25, 0.3) is 0 Å². The van der Waals surface area contributed by atoms with E-state index < -0.39 is 5.41 Å². The molecule has 220 valence electrons. The number of methoxy groups -OCH3 is 1. The second-order valence-corrected chi connectivity index (χ2v) is 12.2. The molecule has 41 heavy (non-hydrogen) atoms. The second-order valence-electron chi connectivity index (χ2n) is 11.8. The zero-order valence-electron chi connectivity index (χ0n) is 24.0. The lowest BCUT2D eigenvalue weighted by Crippen LogP contribution is -2.53. The highest BCUT2D eigenvalue weighted by Gasteiger charge is 2.45. The quantitative estimate of drug-likeness (QED) is 0.207. The van der Waals surface area contributed by atoms with Crippen LogP contribution in [0.3, 0.4) is 0 Å². The average Bonchev–Trinajstić information content (AvgIpc) is 3.01. The SMILES string of the molecule is COc1cc(C(=O)NCCCCc2cccc(C3(C(=O)O[C@H]4CN5CCC4CC5)CCCCC3)c2)c(Cl)cc1C=O. The Hall–Kier alpha value is -2.90. The molecule has 3 saturated heterocycles. The summed E-state index contributed by atoms with van der Waals surface area (Å²) in [4.78, 5) is 40.1. The highest BCUT2D eigenvalue weighted by Crippen LogP contribution is 2.42. The van der Waals surface area contributed by atoms with Crippen LogP contribution >= 0.6 is 11.6 Å². The Morgan fingerprint density at radius 3 is 2.56 bits per heavy atom. The van der Waals surface area contributed by atoms with Crippen molar-refractivity contribution in [1.82, 2.24) is 10.2 Å². The Balaban J connectivity index is 1.17. The van der Waals surface area contributed by atoms with Crippen LogP contribution in [-0.4, -0.2) is 62.5 Å². The number of ether oxygens (including phenoxy) is 2. The molecule has 1 N–H and O–H groups in total. The number of carbonyl (C=O) groups excluding carboxylic acids is 3. The maximum absolute atomic E-state index is 13.8.